The van der Waals surface area contributed by atoms with E-state index in [0.29, 0.717) is 11.4 Å². The summed E-state index contributed by atoms with van der Waals surface area (Å²) in [6.07, 6.45) is -0.521. The van der Waals surface area contributed by atoms with Gasteiger partial charge in [0.05, 0.1) is 16.9 Å². The smallest absolute Gasteiger partial charge is 0.416 e. The van der Waals surface area contributed by atoms with Crippen LogP contribution in [0.15, 0.2) is 42.5 Å². The van der Waals surface area contributed by atoms with E-state index in [1.54, 1.807) is 12.1 Å². The number of piperidine rings is 1. The van der Waals surface area contributed by atoms with Gasteiger partial charge in [0.15, 0.2) is 6.61 Å². The highest BCUT2D eigenvalue weighted by Gasteiger charge is 2.31. The molecule has 0 atom stereocenters. The van der Waals surface area contributed by atoms with Gasteiger partial charge in [-0.25, -0.2) is 0 Å². The second kappa shape index (κ2) is 9.20. The van der Waals surface area contributed by atoms with Gasteiger partial charge in [-0.3, -0.25) is 4.79 Å². The third-order valence-corrected chi connectivity index (χ3v) is 5.00. The van der Waals surface area contributed by atoms with Crippen LogP contribution in [0.5, 0.6) is 5.75 Å². The van der Waals surface area contributed by atoms with Gasteiger partial charge in [-0.1, -0.05) is 19.1 Å². The van der Waals surface area contributed by atoms with Gasteiger partial charge in [-0.05, 0) is 61.6 Å². The molecule has 3 rings (SSSR count). The summed E-state index contributed by atoms with van der Waals surface area (Å²) in [6, 6.07) is 10.9. The Morgan fingerprint density at radius 3 is 2.38 bits per heavy atom. The number of carbonyl (C=O) groups excluding carboxylic acids is 1. The molecule has 0 saturated carbocycles. The zero-order chi connectivity index (χ0) is 20.9. The lowest BCUT2D eigenvalue weighted by Gasteiger charge is -2.31. The van der Waals surface area contributed by atoms with Crippen LogP contribution in [0.3, 0.4) is 0 Å². The minimum Gasteiger partial charge on any atom is -0.484 e. The van der Waals surface area contributed by atoms with Gasteiger partial charge in [-0.15, -0.1) is 0 Å². The van der Waals surface area contributed by atoms with Gasteiger partial charge in [0.2, 0.25) is 0 Å². The number of benzene rings is 2. The third kappa shape index (κ3) is 5.65. The van der Waals surface area contributed by atoms with E-state index in [4.69, 9.17) is 4.74 Å². The molecule has 0 unspecified atom stereocenters. The molecule has 156 valence electrons. The predicted molar refractivity (Wildman–Crippen MR) is 107 cm³/mol. The number of rotatable bonds is 6. The Balaban J connectivity index is 1.73. The fourth-order valence-corrected chi connectivity index (χ4v) is 3.38. The molecule has 4 nitrogen and oxygen atoms in total. The van der Waals surface area contributed by atoms with E-state index in [2.05, 4.69) is 5.32 Å². The fourth-order valence-electron chi connectivity index (χ4n) is 3.38. The van der Waals surface area contributed by atoms with E-state index in [1.165, 1.54) is 6.07 Å². The molecule has 1 saturated heterocycles. The fraction of sp³-hybridized carbons (Fsp3) is 0.409. The van der Waals surface area contributed by atoms with Crippen molar-refractivity contribution in [1.82, 2.24) is 0 Å². The average molecular weight is 406 g/mol. The number of hydrogen-bond donors (Lipinski definition) is 1. The summed E-state index contributed by atoms with van der Waals surface area (Å²) in [5.74, 6) is 0.0415. The highest BCUT2D eigenvalue weighted by atomic mass is 19.4. The van der Waals surface area contributed by atoms with Crippen LogP contribution >= 0.6 is 0 Å². The van der Waals surface area contributed by atoms with Gasteiger partial charge in [0.25, 0.3) is 5.91 Å². The Kier molecular flexibility index (Phi) is 6.67. The number of nitrogens with zero attached hydrogens (tertiary/aromatic N) is 1. The van der Waals surface area contributed by atoms with Crippen molar-refractivity contribution in [2.45, 2.75) is 38.8 Å². The summed E-state index contributed by atoms with van der Waals surface area (Å²) >= 11 is 0. The summed E-state index contributed by atoms with van der Waals surface area (Å²) in [5, 5.41) is 2.61. The van der Waals surface area contributed by atoms with Crippen molar-refractivity contribution in [3.8, 4) is 5.75 Å². The van der Waals surface area contributed by atoms with Crippen LogP contribution in [-0.4, -0.2) is 25.6 Å². The molecular formula is C22H25F3N2O2. The van der Waals surface area contributed by atoms with Gasteiger partial charge in [0, 0.05) is 13.1 Å². The number of hydrogen-bond acceptors (Lipinski definition) is 3. The molecule has 2 aromatic carbocycles. The Labute approximate surface area is 168 Å². The molecule has 0 radical (unpaired) electrons. The first kappa shape index (κ1) is 21.0. The average Bonchev–Trinajstić information content (AvgIpc) is 2.72. The van der Waals surface area contributed by atoms with Gasteiger partial charge in [-0.2, -0.15) is 13.2 Å². The molecule has 1 amide bonds. The normalized spacial score (nSPS) is 14.6. The number of amides is 1. The predicted octanol–water partition coefficient (Wildman–Crippen LogP) is 5.28. The van der Waals surface area contributed by atoms with Crippen molar-refractivity contribution in [3.63, 3.8) is 0 Å². The molecule has 0 aliphatic carbocycles. The topological polar surface area (TPSA) is 41.6 Å². The molecule has 0 spiro atoms. The van der Waals surface area contributed by atoms with E-state index in [9.17, 15) is 18.0 Å². The number of nitrogens with one attached hydrogen (secondary N) is 1. The first-order valence-electron chi connectivity index (χ1n) is 9.84. The Morgan fingerprint density at radius 2 is 1.76 bits per heavy atom. The van der Waals surface area contributed by atoms with E-state index in [-0.39, 0.29) is 12.3 Å². The van der Waals surface area contributed by atoms with E-state index in [1.807, 2.05) is 24.0 Å². The van der Waals surface area contributed by atoms with E-state index >= 15 is 0 Å². The standard InChI is InChI=1S/C22H25F3N2O2/c1-2-16-6-9-18(10-7-16)29-15-21(28)26-19-14-17(22(23,24)25)8-11-20(19)27-12-4-3-5-13-27/h6-11,14H,2-5,12-13,15H2,1H3,(H,26,28). The van der Waals surface area contributed by atoms with Crippen molar-refractivity contribution < 1.29 is 22.7 Å². The Hall–Kier alpha value is -2.70. The zero-order valence-corrected chi connectivity index (χ0v) is 16.4. The van der Waals surface area contributed by atoms with Gasteiger partial charge < -0.3 is 15.0 Å². The number of alkyl halides is 3. The maximum Gasteiger partial charge on any atom is 0.416 e. The van der Waals surface area contributed by atoms with Crippen LogP contribution in [0, 0.1) is 0 Å². The summed E-state index contributed by atoms with van der Waals surface area (Å²) in [7, 11) is 0. The molecule has 29 heavy (non-hydrogen) atoms. The molecule has 1 N–H and O–H groups in total. The van der Waals surface area contributed by atoms with Crippen molar-refractivity contribution in [2.24, 2.45) is 0 Å². The number of aryl methyl sites for hydroxylation is 1. The second-order valence-electron chi connectivity index (χ2n) is 7.11. The Morgan fingerprint density at radius 1 is 1.07 bits per heavy atom. The first-order chi connectivity index (χ1) is 13.9. The second-order valence-corrected chi connectivity index (χ2v) is 7.11. The minimum absolute atomic E-state index is 0.164. The zero-order valence-electron chi connectivity index (χ0n) is 16.4. The summed E-state index contributed by atoms with van der Waals surface area (Å²) in [6.45, 7) is 3.28. The summed E-state index contributed by atoms with van der Waals surface area (Å²) in [4.78, 5) is 14.4. The minimum atomic E-state index is -4.47. The number of ether oxygens (including phenoxy) is 1. The maximum atomic E-state index is 13.2. The number of anilines is 2. The number of carbonyl (C=O) groups is 1. The monoisotopic (exact) mass is 406 g/mol. The maximum absolute atomic E-state index is 13.2. The molecule has 1 aliphatic heterocycles. The van der Waals surface area contributed by atoms with Crippen molar-refractivity contribution in [3.05, 3.63) is 53.6 Å². The molecular weight excluding hydrogens is 381 g/mol. The SMILES string of the molecule is CCc1ccc(OCC(=O)Nc2cc(C(F)(F)F)ccc2N2CCCCC2)cc1. The molecule has 7 heteroatoms. The molecule has 1 heterocycles. The molecule has 0 aromatic heterocycles. The molecule has 2 aromatic rings. The van der Waals surface area contributed by atoms with Crippen LogP contribution in [0.1, 0.15) is 37.3 Å². The highest BCUT2D eigenvalue weighted by molar-refractivity contribution is 5.95. The van der Waals surface area contributed by atoms with Crippen LogP contribution in [0.2, 0.25) is 0 Å². The van der Waals surface area contributed by atoms with E-state index in [0.717, 1.165) is 56.5 Å². The highest BCUT2D eigenvalue weighted by Crippen LogP contribution is 2.36. The summed E-state index contributed by atoms with van der Waals surface area (Å²) in [5.41, 5.74) is 1.14. The van der Waals surface area contributed by atoms with Gasteiger partial charge >= 0.3 is 6.18 Å². The molecule has 1 fully saturated rings. The van der Waals surface area contributed by atoms with Crippen LogP contribution in [0.4, 0.5) is 24.5 Å². The van der Waals surface area contributed by atoms with Crippen molar-refractivity contribution in [2.75, 3.05) is 29.9 Å². The van der Waals surface area contributed by atoms with E-state index < -0.39 is 17.6 Å². The molecule has 1 aliphatic rings. The summed E-state index contributed by atoms with van der Waals surface area (Å²) < 4.78 is 45.0. The lowest BCUT2D eigenvalue weighted by Crippen LogP contribution is -2.31. The lowest BCUT2D eigenvalue weighted by atomic mass is 10.1. The first-order valence-corrected chi connectivity index (χ1v) is 9.84. The Bertz CT molecular complexity index is 829. The largest absolute Gasteiger partial charge is 0.484 e. The van der Waals surface area contributed by atoms with Crippen LogP contribution < -0.4 is 15.0 Å². The lowest BCUT2D eigenvalue weighted by molar-refractivity contribution is -0.137. The number of halogens is 3. The van der Waals surface area contributed by atoms with Crippen molar-refractivity contribution >= 4 is 17.3 Å². The quantitative estimate of drug-likeness (QED) is 0.710. The molecule has 0 bridgehead atoms. The third-order valence-electron chi connectivity index (χ3n) is 5.00. The van der Waals surface area contributed by atoms with Crippen LogP contribution in [0.25, 0.3) is 0 Å². The van der Waals surface area contributed by atoms with Crippen LogP contribution in [-0.2, 0) is 17.4 Å². The van der Waals surface area contributed by atoms with Crippen molar-refractivity contribution in [1.29, 1.82) is 0 Å². The van der Waals surface area contributed by atoms with Gasteiger partial charge in [0.1, 0.15) is 5.75 Å².